The molecule has 0 amide bonds. The molecule has 0 radical (unpaired) electrons. The summed E-state index contributed by atoms with van der Waals surface area (Å²) in [5, 5.41) is 8.34. The van der Waals surface area contributed by atoms with Crippen molar-refractivity contribution in [2.24, 2.45) is 0 Å². The maximum atomic E-state index is 11.5. The Kier molecular flexibility index (Phi) is 3.10. The highest BCUT2D eigenvalue weighted by atomic mass is 32.2. The second-order valence-corrected chi connectivity index (χ2v) is 7.11. The van der Waals surface area contributed by atoms with Crippen molar-refractivity contribution in [1.82, 2.24) is 19.1 Å². The van der Waals surface area contributed by atoms with Gasteiger partial charge in [-0.3, -0.25) is 4.57 Å². The van der Waals surface area contributed by atoms with Crippen molar-refractivity contribution in [2.75, 3.05) is 13.3 Å². The number of hydrogen-bond acceptors (Lipinski definition) is 4. The molecule has 2 heterocycles. The molecule has 106 valence electrons. The summed E-state index contributed by atoms with van der Waals surface area (Å²) in [6, 6.07) is 8.09. The maximum absolute atomic E-state index is 11.5. The van der Waals surface area contributed by atoms with Crippen molar-refractivity contribution in [3.8, 4) is 5.69 Å². The van der Waals surface area contributed by atoms with Crippen LogP contribution in [-0.2, 0) is 29.4 Å². The minimum Gasteiger partial charge on any atom is -0.282 e. The average Bonchev–Trinajstić information content (AvgIpc) is 2.81. The maximum Gasteiger partial charge on any atom is 0.211 e. The van der Waals surface area contributed by atoms with Gasteiger partial charge >= 0.3 is 0 Å². The molecular weight excluding hydrogens is 276 g/mol. The highest BCUT2D eigenvalue weighted by molar-refractivity contribution is 7.88. The largest absolute Gasteiger partial charge is 0.282 e. The summed E-state index contributed by atoms with van der Waals surface area (Å²) in [7, 11) is -1.68. The first-order valence-electron chi connectivity index (χ1n) is 6.39. The lowest BCUT2D eigenvalue weighted by Crippen LogP contribution is -2.27. The summed E-state index contributed by atoms with van der Waals surface area (Å²) < 4.78 is 26.3. The SMILES string of the molecule is CN(Cc1nnc2n1-c1ccccc1CC2)S(C)(=O)=O. The molecule has 2 aromatic rings. The van der Waals surface area contributed by atoms with Crippen molar-refractivity contribution in [3.63, 3.8) is 0 Å². The molecule has 0 bridgehead atoms. The first-order valence-corrected chi connectivity index (χ1v) is 8.24. The summed E-state index contributed by atoms with van der Waals surface area (Å²) >= 11 is 0. The predicted octanol–water partition coefficient (Wildman–Crippen LogP) is 0.757. The topological polar surface area (TPSA) is 68.1 Å². The fourth-order valence-electron chi connectivity index (χ4n) is 2.40. The molecule has 0 spiro atoms. The zero-order valence-corrected chi connectivity index (χ0v) is 12.3. The lowest BCUT2D eigenvalue weighted by Gasteiger charge is -2.20. The summed E-state index contributed by atoms with van der Waals surface area (Å²) in [4.78, 5) is 0. The van der Waals surface area contributed by atoms with Gasteiger partial charge in [-0.25, -0.2) is 8.42 Å². The zero-order valence-electron chi connectivity index (χ0n) is 11.4. The van der Waals surface area contributed by atoms with Crippen LogP contribution in [0.3, 0.4) is 0 Å². The van der Waals surface area contributed by atoms with Crippen molar-refractivity contribution in [3.05, 3.63) is 41.5 Å². The van der Waals surface area contributed by atoms with Gasteiger partial charge < -0.3 is 0 Å². The third-order valence-electron chi connectivity index (χ3n) is 3.58. The van der Waals surface area contributed by atoms with E-state index in [4.69, 9.17) is 0 Å². The number of sulfonamides is 1. The molecule has 0 saturated carbocycles. The molecule has 1 aromatic carbocycles. The van der Waals surface area contributed by atoms with Crippen LogP contribution >= 0.6 is 0 Å². The molecular formula is C13H16N4O2S. The Labute approximate surface area is 118 Å². The van der Waals surface area contributed by atoms with Crippen LogP contribution in [0.25, 0.3) is 5.69 Å². The van der Waals surface area contributed by atoms with Gasteiger partial charge in [0.25, 0.3) is 0 Å². The first kappa shape index (κ1) is 13.3. The van der Waals surface area contributed by atoms with Crippen LogP contribution in [0.15, 0.2) is 24.3 Å². The fraction of sp³-hybridized carbons (Fsp3) is 0.385. The van der Waals surface area contributed by atoms with Gasteiger partial charge in [-0.2, -0.15) is 4.31 Å². The molecule has 6 nitrogen and oxygen atoms in total. The fourth-order valence-corrected chi connectivity index (χ4v) is 2.75. The second-order valence-electron chi connectivity index (χ2n) is 5.02. The van der Waals surface area contributed by atoms with Gasteiger partial charge in [-0.05, 0) is 18.1 Å². The van der Waals surface area contributed by atoms with E-state index in [1.165, 1.54) is 16.1 Å². The van der Waals surface area contributed by atoms with E-state index in [-0.39, 0.29) is 6.54 Å². The van der Waals surface area contributed by atoms with Crippen LogP contribution in [0.4, 0.5) is 0 Å². The highest BCUT2D eigenvalue weighted by Crippen LogP contribution is 2.25. The Balaban J connectivity index is 2.04. The molecule has 20 heavy (non-hydrogen) atoms. The quantitative estimate of drug-likeness (QED) is 0.837. The third-order valence-corrected chi connectivity index (χ3v) is 4.84. The molecule has 7 heteroatoms. The number of fused-ring (bicyclic) bond motifs is 3. The van der Waals surface area contributed by atoms with Crippen LogP contribution in [0.2, 0.25) is 0 Å². The minimum absolute atomic E-state index is 0.222. The van der Waals surface area contributed by atoms with Gasteiger partial charge in [-0.15, -0.1) is 10.2 Å². The number of aryl methyl sites for hydroxylation is 2. The Bertz CT molecular complexity index is 751. The zero-order chi connectivity index (χ0) is 14.3. The van der Waals surface area contributed by atoms with Gasteiger partial charge in [-0.1, -0.05) is 18.2 Å². The number of aromatic nitrogens is 3. The lowest BCUT2D eigenvalue weighted by molar-refractivity contribution is 0.457. The summed E-state index contributed by atoms with van der Waals surface area (Å²) in [6.07, 6.45) is 2.96. The van der Waals surface area contributed by atoms with E-state index < -0.39 is 10.0 Å². The van der Waals surface area contributed by atoms with Gasteiger partial charge in [0.05, 0.1) is 18.5 Å². The molecule has 0 unspecified atom stereocenters. The molecule has 0 saturated heterocycles. The minimum atomic E-state index is -3.23. The third kappa shape index (κ3) is 2.23. The van der Waals surface area contributed by atoms with Crippen molar-refractivity contribution >= 4 is 10.0 Å². The van der Waals surface area contributed by atoms with Crippen LogP contribution in [0.1, 0.15) is 17.2 Å². The standard InChI is InChI=1S/C13H16N4O2S/c1-16(20(2,18)19)9-13-15-14-12-8-7-10-5-3-4-6-11(10)17(12)13/h3-6H,7-9H2,1-2H3. The van der Waals surface area contributed by atoms with E-state index in [1.54, 1.807) is 7.05 Å². The van der Waals surface area contributed by atoms with E-state index in [1.807, 2.05) is 22.8 Å². The molecule has 1 aromatic heterocycles. The van der Waals surface area contributed by atoms with Crippen LogP contribution in [0.5, 0.6) is 0 Å². The second kappa shape index (κ2) is 4.68. The molecule has 0 atom stereocenters. The van der Waals surface area contributed by atoms with Gasteiger partial charge in [0.1, 0.15) is 5.82 Å². The summed E-state index contributed by atoms with van der Waals surface area (Å²) in [5.74, 6) is 1.54. The number of rotatable bonds is 3. The van der Waals surface area contributed by atoms with Gasteiger partial charge in [0, 0.05) is 13.5 Å². The molecule has 1 aliphatic heterocycles. The average molecular weight is 292 g/mol. The smallest absolute Gasteiger partial charge is 0.211 e. The Morgan fingerprint density at radius 1 is 1.25 bits per heavy atom. The van der Waals surface area contributed by atoms with Crippen molar-refractivity contribution < 1.29 is 8.42 Å². The molecule has 3 rings (SSSR count). The highest BCUT2D eigenvalue weighted by Gasteiger charge is 2.23. The van der Waals surface area contributed by atoms with E-state index in [0.717, 1.165) is 24.4 Å². The van der Waals surface area contributed by atoms with Gasteiger partial charge in [0.2, 0.25) is 10.0 Å². The lowest BCUT2D eigenvalue weighted by atomic mass is 10.0. The summed E-state index contributed by atoms with van der Waals surface area (Å²) in [5.41, 5.74) is 2.29. The predicted molar refractivity (Wildman–Crippen MR) is 75.1 cm³/mol. The number of hydrogen-bond donors (Lipinski definition) is 0. The monoisotopic (exact) mass is 292 g/mol. The van der Waals surface area contributed by atoms with Crippen molar-refractivity contribution in [2.45, 2.75) is 19.4 Å². The molecule has 0 aliphatic carbocycles. The first-order chi connectivity index (χ1) is 9.47. The Morgan fingerprint density at radius 2 is 2.00 bits per heavy atom. The van der Waals surface area contributed by atoms with Crippen LogP contribution in [-0.4, -0.2) is 40.8 Å². The number of nitrogens with zero attached hydrogens (tertiary/aromatic N) is 4. The molecule has 1 aliphatic rings. The van der Waals surface area contributed by atoms with E-state index >= 15 is 0 Å². The van der Waals surface area contributed by atoms with E-state index in [0.29, 0.717) is 5.82 Å². The normalized spacial score (nSPS) is 14.2. The summed E-state index contributed by atoms with van der Waals surface area (Å²) in [6.45, 7) is 0.222. The Morgan fingerprint density at radius 3 is 2.75 bits per heavy atom. The van der Waals surface area contributed by atoms with Crippen LogP contribution in [0, 0.1) is 0 Å². The molecule has 0 N–H and O–H groups in total. The number of para-hydroxylation sites is 1. The van der Waals surface area contributed by atoms with Crippen LogP contribution < -0.4 is 0 Å². The van der Waals surface area contributed by atoms with E-state index in [9.17, 15) is 8.42 Å². The van der Waals surface area contributed by atoms with Crippen molar-refractivity contribution in [1.29, 1.82) is 0 Å². The number of benzene rings is 1. The van der Waals surface area contributed by atoms with E-state index in [2.05, 4.69) is 16.3 Å². The Hall–Kier alpha value is -1.73. The molecule has 0 fully saturated rings. The van der Waals surface area contributed by atoms with Gasteiger partial charge in [0.15, 0.2) is 5.82 Å².